The highest BCUT2D eigenvalue weighted by atomic mass is 32.2. The van der Waals surface area contributed by atoms with Crippen LogP contribution in [0.2, 0.25) is 0 Å². The van der Waals surface area contributed by atoms with E-state index in [-0.39, 0.29) is 53.1 Å². The Morgan fingerprint density at radius 3 is 2.34 bits per heavy atom. The van der Waals surface area contributed by atoms with Crippen LogP contribution in [-0.2, 0) is 55.5 Å². The molecule has 0 radical (unpaired) electrons. The fourth-order valence-electron chi connectivity index (χ4n) is 5.00. The van der Waals surface area contributed by atoms with Gasteiger partial charge in [0.2, 0.25) is 11.8 Å². The van der Waals surface area contributed by atoms with E-state index in [0.29, 0.717) is 6.42 Å². The number of phosphoric ester groups is 3. The molecule has 0 spiro atoms. The molecular formula is C27H44N7O18P3S. The molecule has 1 aliphatic rings. The smallest absolute Gasteiger partial charge is 0.386 e. The lowest BCUT2D eigenvalue weighted by molar-refractivity contribution is -0.137. The fourth-order valence-corrected chi connectivity index (χ4v) is 8.77. The summed E-state index contributed by atoms with van der Waals surface area (Å²) in [6.45, 7) is 3.34. The number of hydrogen-bond acceptors (Lipinski definition) is 19. The molecule has 2 aromatic rings. The minimum Gasteiger partial charge on any atom is -0.386 e. The van der Waals surface area contributed by atoms with Crippen LogP contribution < -0.4 is 16.4 Å². The largest absolute Gasteiger partial charge is 0.481 e. The number of nitrogens with two attached hydrogens (primary N) is 1. The second kappa shape index (κ2) is 19.8. The molecule has 0 saturated carbocycles. The number of ketones is 1. The molecule has 10 N–H and O–H groups in total. The quantitative estimate of drug-likeness (QED) is 0.0400. The molecule has 0 aliphatic carbocycles. The second-order valence-corrected chi connectivity index (χ2v) is 18.1. The first kappa shape index (κ1) is 47.6. The number of aliphatic hydroxyl groups is 2. The molecule has 316 valence electrons. The number of nitrogens with zero attached hydrogens (tertiary/aromatic N) is 4. The van der Waals surface area contributed by atoms with Crippen molar-refractivity contribution in [2.24, 2.45) is 11.3 Å². The van der Waals surface area contributed by atoms with E-state index >= 15 is 0 Å². The van der Waals surface area contributed by atoms with E-state index in [4.69, 9.17) is 19.5 Å². The van der Waals surface area contributed by atoms with Crippen LogP contribution in [0.25, 0.3) is 11.2 Å². The maximum atomic E-state index is 12.7. The molecule has 1 aliphatic heterocycles. The van der Waals surface area contributed by atoms with Gasteiger partial charge < -0.3 is 50.9 Å². The van der Waals surface area contributed by atoms with Gasteiger partial charge in [0.1, 0.15) is 42.0 Å². The van der Waals surface area contributed by atoms with E-state index in [0.717, 1.165) is 29.0 Å². The third-order valence-corrected chi connectivity index (χ3v) is 12.0. The summed E-state index contributed by atoms with van der Waals surface area (Å²) in [5.41, 5.74) is 4.22. The summed E-state index contributed by atoms with van der Waals surface area (Å²) in [5.74, 6) is -2.28. The van der Waals surface area contributed by atoms with Crippen LogP contribution in [0.1, 0.15) is 46.8 Å². The number of fused-ring (bicyclic) bond motifs is 1. The number of amides is 2. The van der Waals surface area contributed by atoms with Gasteiger partial charge in [-0.3, -0.25) is 37.3 Å². The summed E-state index contributed by atoms with van der Waals surface area (Å²) in [7, 11) is -16.4. The summed E-state index contributed by atoms with van der Waals surface area (Å²) in [4.78, 5) is 99.1. The maximum Gasteiger partial charge on any atom is 0.481 e. The zero-order valence-corrected chi connectivity index (χ0v) is 33.8. The Hall–Kier alpha value is -2.77. The van der Waals surface area contributed by atoms with Crippen molar-refractivity contribution in [1.82, 2.24) is 30.2 Å². The minimum atomic E-state index is -5.58. The Bertz CT molecular complexity index is 1880. The number of Topliss-reactive ketones (excluding diaryl/α,β-unsaturated/α-hetero) is 1. The summed E-state index contributed by atoms with van der Waals surface area (Å²) < 4.78 is 62.0. The number of carbonyl (C=O) groups is 4. The van der Waals surface area contributed by atoms with Crippen LogP contribution in [-0.4, -0.2) is 128 Å². The summed E-state index contributed by atoms with van der Waals surface area (Å²) in [6.07, 6.45) is -6.66. The highest BCUT2D eigenvalue weighted by Crippen LogP contribution is 2.61. The highest BCUT2D eigenvalue weighted by Gasteiger charge is 2.50. The minimum absolute atomic E-state index is 0.0241. The molecule has 8 atom stereocenters. The lowest BCUT2D eigenvalue weighted by atomic mass is 9.87. The second-order valence-electron chi connectivity index (χ2n) is 12.8. The summed E-state index contributed by atoms with van der Waals surface area (Å²) >= 11 is 0.910. The molecule has 2 amide bonds. The molecule has 1 fully saturated rings. The van der Waals surface area contributed by atoms with Gasteiger partial charge in [-0.05, 0) is 13.3 Å². The average molecular weight is 880 g/mol. The van der Waals surface area contributed by atoms with Crippen molar-refractivity contribution in [2.75, 3.05) is 37.8 Å². The number of nitrogens with one attached hydrogen (secondary N) is 2. The van der Waals surface area contributed by atoms with Crippen molar-refractivity contribution in [3.05, 3.63) is 12.7 Å². The van der Waals surface area contributed by atoms with Gasteiger partial charge in [0.25, 0.3) is 0 Å². The van der Waals surface area contributed by atoms with Gasteiger partial charge in [-0.25, -0.2) is 28.6 Å². The van der Waals surface area contributed by atoms with Crippen molar-refractivity contribution in [1.29, 1.82) is 0 Å². The Balaban J connectivity index is 1.49. The molecule has 56 heavy (non-hydrogen) atoms. The Morgan fingerprint density at radius 1 is 1.05 bits per heavy atom. The van der Waals surface area contributed by atoms with Crippen LogP contribution in [0.15, 0.2) is 12.7 Å². The third-order valence-electron chi connectivity index (χ3n) is 7.93. The lowest BCUT2D eigenvalue weighted by Gasteiger charge is -2.30. The maximum absolute atomic E-state index is 12.7. The number of thioether (sulfide) groups is 1. The third kappa shape index (κ3) is 13.7. The molecule has 25 nitrogen and oxygen atoms in total. The standard InChI is InChI=1S/C27H44N7O18P3S/c1-5-15(14(2)35)26(40)56-9-8-29-17(36)6-7-30-24(39)21(38)27(3,4)11-49-55(46,47)52-54(44,45)48-10-16-20(51-53(41,42)43)19(37)25(50-16)34-13-33-18-22(28)31-12-32-23(18)34/h12-13,15-16,19-21,25,37-38H,5-11H2,1-4H3,(H,29,36)(H,30,39)(H,44,45)(H,46,47)(H2,28,31,32)(H2,41,42,43)/t15?,16-,19-,20-,21?,25-/m1/s1. The van der Waals surface area contributed by atoms with E-state index in [1.807, 2.05) is 0 Å². The zero-order chi connectivity index (χ0) is 42.2. The average Bonchev–Trinajstić information content (AvgIpc) is 3.64. The number of aromatic nitrogens is 4. The van der Waals surface area contributed by atoms with E-state index in [1.54, 1.807) is 6.92 Å². The van der Waals surface area contributed by atoms with Crippen molar-refractivity contribution < 1.29 is 85.3 Å². The van der Waals surface area contributed by atoms with Gasteiger partial charge in [-0.1, -0.05) is 32.5 Å². The Morgan fingerprint density at radius 2 is 1.71 bits per heavy atom. The topological polar surface area (TPSA) is 381 Å². The number of carbonyl (C=O) groups excluding carboxylic acids is 4. The lowest BCUT2D eigenvalue weighted by Crippen LogP contribution is -2.46. The van der Waals surface area contributed by atoms with Gasteiger partial charge in [0.05, 0.1) is 25.5 Å². The van der Waals surface area contributed by atoms with Crippen molar-refractivity contribution in [3.63, 3.8) is 0 Å². The number of rotatable bonds is 22. The first-order valence-corrected chi connectivity index (χ1v) is 21.9. The van der Waals surface area contributed by atoms with Crippen LogP contribution in [0.4, 0.5) is 5.82 Å². The number of anilines is 1. The number of aliphatic hydroxyl groups excluding tert-OH is 2. The van der Waals surface area contributed by atoms with Crippen LogP contribution in [0, 0.1) is 11.3 Å². The molecule has 4 unspecified atom stereocenters. The molecule has 3 heterocycles. The van der Waals surface area contributed by atoms with Gasteiger partial charge in [0.15, 0.2) is 22.8 Å². The molecule has 0 bridgehead atoms. The van der Waals surface area contributed by atoms with Crippen LogP contribution in [0.3, 0.4) is 0 Å². The van der Waals surface area contributed by atoms with Crippen molar-refractivity contribution in [3.8, 4) is 0 Å². The van der Waals surface area contributed by atoms with Gasteiger partial charge in [-0.15, -0.1) is 0 Å². The van der Waals surface area contributed by atoms with E-state index in [9.17, 15) is 62.7 Å². The number of hydrogen-bond donors (Lipinski definition) is 9. The number of nitrogen functional groups attached to an aromatic ring is 1. The highest BCUT2D eigenvalue weighted by molar-refractivity contribution is 8.13. The number of phosphoric acid groups is 3. The predicted octanol–water partition coefficient (Wildman–Crippen LogP) is -0.720. The van der Waals surface area contributed by atoms with Crippen molar-refractivity contribution in [2.45, 2.75) is 71.2 Å². The number of imidazole rings is 1. The summed E-state index contributed by atoms with van der Waals surface area (Å²) in [5, 5.41) is 26.0. The van der Waals surface area contributed by atoms with E-state index in [2.05, 4.69) is 34.4 Å². The SMILES string of the molecule is CCC(C(C)=O)C(=O)SCCNC(=O)CCNC(=O)C(O)C(C)(C)COP(=O)(O)OP(=O)(O)OC[C@H]1O[C@@H](n2cnc3c(N)ncnc32)[C@H](O)[C@@H]1OP(=O)(O)O. The van der Waals surface area contributed by atoms with Gasteiger partial charge in [-0.2, -0.15) is 4.31 Å². The fraction of sp³-hybridized carbons (Fsp3) is 0.667. The van der Waals surface area contributed by atoms with Gasteiger partial charge in [0, 0.05) is 30.7 Å². The predicted molar refractivity (Wildman–Crippen MR) is 192 cm³/mol. The Kier molecular flexibility index (Phi) is 16.8. The molecule has 3 rings (SSSR count). The molecule has 2 aromatic heterocycles. The van der Waals surface area contributed by atoms with Crippen LogP contribution in [0.5, 0.6) is 0 Å². The Labute approximate surface area is 322 Å². The van der Waals surface area contributed by atoms with Gasteiger partial charge >= 0.3 is 23.5 Å². The molecule has 1 saturated heterocycles. The molecular weight excluding hydrogens is 835 g/mol. The first-order chi connectivity index (χ1) is 25.9. The monoisotopic (exact) mass is 879 g/mol. The van der Waals surface area contributed by atoms with E-state index in [1.165, 1.54) is 20.8 Å². The number of ether oxygens (including phenoxy) is 1. The van der Waals surface area contributed by atoms with Crippen LogP contribution >= 0.6 is 35.2 Å². The molecule has 29 heteroatoms. The molecule has 0 aromatic carbocycles. The van der Waals surface area contributed by atoms with Crippen molar-refractivity contribution >= 4 is 74.9 Å². The first-order valence-electron chi connectivity index (χ1n) is 16.4. The normalized spacial score (nSPS) is 22.2. The summed E-state index contributed by atoms with van der Waals surface area (Å²) in [6, 6.07) is 0. The van der Waals surface area contributed by atoms with E-state index < -0.39 is 90.5 Å². The zero-order valence-electron chi connectivity index (χ0n) is 30.3.